The van der Waals surface area contributed by atoms with Crippen LogP contribution >= 0.6 is 12.2 Å². The van der Waals surface area contributed by atoms with Gasteiger partial charge in [0.25, 0.3) is 0 Å². The van der Waals surface area contributed by atoms with Crippen LogP contribution in [-0.4, -0.2) is 29.7 Å². The molecule has 0 aromatic heterocycles. The fourth-order valence-corrected chi connectivity index (χ4v) is 2.55. The molecule has 0 spiro atoms. The van der Waals surface area contributed by atoms with Crippen molar-refractivity contribution in [1.82, 2.24) is 10.6 Å². The van der Waals surface area contributed by atoms with Gasteiger partial charge in [0.1, 0.15) is 0 Å². The number of amides is 2. The van der Waals surface area contributed by atoms with Gasteiger partial charge in [-0.05, 0) is 31.0 Å². The zero-order valence-electron chi connectivity index (χ0n) is 10.1. The third-order valence-electron chi connectivity index (χ3n) is 3.38. The third kappa shape index (κ3) is 3.35. The average Bonchev–Trinajstić information content (AvgIpc) is 2.34. The summed E-state index contributed by atoms with van der Waals surface area (Å²) in [4.78, 5) is 27.3. The molecule has 1 saturated carbocycles. The minimum Gasteiger partial charge on any atom is -0.302 e. The lowest BCUT2D eigenvalue weighted by Crippen LogP contribution is -2.56. The second-order valence-corrected chi connectivity index (χ2v) is 5.21. The number of nitrogens with zero attached hydrogens (tertiary/aromatic N) is 1. The first-order valence-electron chi connectivity index (χ1n) is 6.32. The maximum absolute atomic E-state index is 11.5. The van der Waals surface area contributed by atoms with E-state index in [0.29, 0.717) is 12.5 Å². The molecule has 2 rings (SSSR count). The Labute approximate surface area is 111 Å². The molecule has 18 heavy (non-hydrogen) atoms. The molecule has 0 aromatic rings. The highest BCUT2D eigenvalue weighted by Crippen LogP contribution is 2.23. The fraction of sp³-hybridized carbons (Fsp3) is 0.667. The summed E-state index contributed by atoms with van der Waals surface area (Å²) in [7, 11) is 0. The molecule has 2 N–H and O–H groups in total. The number of carbonyl (C=O) groups excluding carboxylic acids is 2. The van der Waals surface area contributed by atoms with Crippen LogP contribution in [0.3, 0.4) is 0 Å². The van der Waals surface area contributed by atoms with Crippen molar-refractivity contribution in [3.8, 4) is 0 Å². The molecule has 2 fully saturated rings. The fourth-order valence-electron chi connectivity index (χ4n) is 2.35. The number of aliphatic imine (C=N–C) groups is 1. The van der Waals surface area contributed by atoms with Crippen LogP contribution in [0.15, 0.2) is 4.99 Å². The lowest BCUT2D eigenvalue weighted by molar-refractivity contribution is -0.131. The van der Waals surface area contributed by atoms with Crippen molar-refractivity contribution in [3.05, 3.63) is 0 Å². The summed E-state index contributed by atoms with van der Waals surface area (Å²) < 4.78 is 0. The Bertz CT molecular complexity index is 369. The molecule has 0 atom stereocenters. The Balaban J connectivity index is 1.85. The predicted molar refractivity (Wildman–Crippen MR) is 72.3 cm³/mol. The number of hydrogen-bond acceptors (Lipinski definition) is 4. The quantitative estimate of drug-likeness (QED) is 0.451. The van der Waals surface area contributed by atoms with Gasteiger partial charge < -0.3 is 10.6 Å². The van der Waals surface area contributed by atoms with E-state index in [1.807, 2.05) is 0 Å². The SMILES string of the molecule is O=C1NC(=S)NC(=O)C1C=NCC1CCCCC1. The van der Waals surface area contributed by atoms with Gasteiger partial charge in [-0.3, -0.25) is 14.6 Å². The molecule has 0 bridgehead atoms. The van der Waals surface area contributed by atoms with Gasteiger partial charge in [-0.15, -0.1) is 0 Å². The van der Waals surface area contributed by atoms with E-state index < -0.39 is 17.7 Å². The normalized spacial score (nSPS) is 23.2. The molecule has 98 valence electrons. The van der Waals surface area contributed by atoms with Crippen LogP contribution in [0, 0.1) is 11.8 Å². The minimum absolute atomic E-state index is 0.0712. The molecule has 2 amide bonds. The van der Waals surface area contributed by atoms with Crippen LogP contribution in [-0.2, 0) is 9.59 Å². The second kappa shape index (κ2) is 6.04. The molecular formula is C12H17N3O2S. The van der Waals surface area contributed by atoms with Crippen molar-refractivity contribution in [2.24, 2.45) is 16.8 Å². The van der Waals surface area contributed by atoms with E-state index in [9.17, 15) is 9.59 Å². The van der Waals surface area contributed by atoms with Gasteiger partial charge in [-0.25, -0.2) is 0 Å². The molecule has 1 saturated heterocycles. The lowest BCUT2D eigenvalue weighted by Gasteiger charge is -2.21. The topological polar surface area (TPSA) is 70.6 Å². The van der Waals surface area contributed by atoms with E-state index in [1.165, 1.54) is 38.3 Å². The van der Waals surface area contributed by atoms with E-state index >= 15 is 0 Å². The van der Waals surface area contributed by atoms with Crippen molar-refractivity contribution in [2.45, 2.75) is 32.1 Å². The summed E-state index contributed by atoms with van der Waals surface area (Å²) in [6, 6.07) is 0. The van der Waals surface area contributed by atoms with Crippen molar-refractivity contribution >= 4 is 35.4 Å². The molecule has 0 radical (unpaired) electrons. The summed E-state index contributed by atoms with van der Waals surface area (Å²) in [5.41, 5.74) is 0. The van der Waals surface area contributed by atoms with Crippen LogP contribution in [0.4, 0.5) is 0 Å². The number of carbonyl (C=O) groups is 2. The van der Waals surface area contributed by atoms with Crippen LogP contribution in [0.2, 0.25) is 0 Å². The van der Waals surface area contributed by atoms with Gasteiger partial charge in [0.2, 0.25) is 11.8 Å². The average molecular weight is 267 g/mol. The lowest BCUT2D eigenvalue weighted by atomic mass is 9.89. The van der Waals surface area contributed by atoms with E-state index in [4.69, 9.17) is 12.2 Å². The van der Waals surface area contributed by atoms with Crippen LogP contribution < -0.4 is 10.6 Å². The molecule has 1 aliphatic carbocycles. The molecule has 0 aromatic carbocycles. The van der Waals surface area contributed by atoms with Gasteiger partial charge in [0, 0.05) is 12.8 Å². The summed E-state index contributed by atoms with van der Waals surface area (Å²) in [6.45, 7) is 0.710. The number of hydrogen-bond donors (Lipinski definition) is 2. The van der Waals surface area contributed by atoms with Crippen molar-refractivity contribution < 1.29 is 9.59 Å². The van der Waals surface area contributed by atoms with Gasteiger partial charge in [0.15, 0.2) is 11.0 Å². The van der Waals surface area contributed by atoms with Crippen LogP contribution in [0.25, 0.3) is 0 Å². The molecule has 2 aliphatic rings. The Morgan fingerprint density at radius 1 is 1.17 bits per heavy atom. The highest BCUT2D eigenvalue weighted by molar-refractivity contribution is 7.80. The smallest absolute Gasteiger partial charge is 0.244 e. The predicted octanol–water partition coefficient (Wildman–Crippen LogP) is 0.785. The van der Waals surface area contributed by atoms with Crippen molar-refractivity contribution in [2.75, 3.05) is 6.54 Å². The third-order valence-corrected chi connectivity index (χ3v) is 3.59. The maximum Gasteiger partial charge on any atom is 0.244 e. The highest BCUT2D eigenvalue weighted by atomic mass is 32.1. The monoisotopic (exact) mass is 267 g/mol. The highest BCUT2D eigenvalue weighted by Gasteiger charge is 2.30. The Kier molecular flexibility index (Phi) is 4.41. The number of thiocarbonyl (C=S) groups is 1. The zero-order chi connectivity index (χ0) is 13.0. The van der Waals surface area contributed by atoms with Gasteiger partial charge in [0.05, 0.1) is 0 Å². The molecule has 1 aliphatic heterocycles. The summed E-state index contributed by atoms with van der Waals surface area (Å²) in [6.07, 6.45) is 7.68. The molecule has 0 unspecified atom stereocenters. The zero-order valence-corrected chi connectivity index (χ0v) is 11.0. The van der Waals surface area contributed by atoms with E-state index in [1.54, 1.807) is 0 Å². The summed E-state index contributed by atoms with van der Waals surface area (Å²) in [5.74, 6) is -1.03. The van der Waals surface area contributed by atoms with Crippen LogP contribution in [0.5, 0.6) is 0 Å². The minimum atomic E-state index is -0.847. The largest absolute Gasteiger partial charge is 0.302 e. The first-order valence-corrected chi connectivity index (χ1v) is 6.73. The molecule has 6 heteroatoms. The Morgan fingerprint density at radius 2 is 1.78 bits per heavy atom. The second-order valence-electron chi connectivity index (χ2n) is 4.80. The Morgan fingerprint density at radius 3 is 2.39 bits per heavy atom. The summed E-state index contributed by atoms with van der Waals surface area (Å²) in [5, 5.41) is 4.91. The first-order chi connectivity index (χ1) is 8.66. The summed E-state index contributed by atoms with van der Waals surface area (Å²) >= 11 is 4.72. The van der Waals surface area contributed by atoms with E-state index in [0.717, 1.165) is 0 Å². The Hall–Kier alpha value is -1.30. The van der Waals surface area contributed by atoms with E-state index in [-0.39, 0.29) is 5.11 Å². The van der Waals surface area contributed by atoms with Gasteiger partial charge >= 0.3 is 0 Å². The van der Waals surface area contributed by atoms with E-state index in [2.05, 4.69) is 15.6 Å². The number of rotatable bonds is 3. The van der Waals surface area contributed by atoms with Gasteiger partial charge in [-0.1, -0.05) is 19.3 Å². The number of nitrogens with one attached hydrogen (secondary N) is 2. The maximum atomic E-state index is 11.5. The van der Waals surface area contributed by atoms with Crippen LogP contribution in [0.1, 0.15) is 32.1 Å². The standard InChI is InChI=1S/C12H17N3O2S/c16-10-9(11(17)15-12(18)14-10)7-13-6-8-4-2-1-3-5-8/h7-9H,1-6H2,(H2,14,15,16,17,18). The first kappa shape index (κ1) is 13.1. The molecule has 1 heterocycles. The molecular weight excluding hydrogens is 250 g/mol. The van der Waals surface area contributed by atoms with Crippen molar-refractivity contribution in [1.29, 1.82) is 0 Å². The molecule has 5 nitrogen and oxygen atoms in total. The van der Waals surface area contributed by atoms with Crippen molar-refractivity contribution in [3.63, 3.8) is 0 Å². The van der Waals surface area contributed by atoms with Gasteiger partial charge in [-0.2, -0.15) is 0 Å².